The highest BCUT2D eigenvalue weighted by atomic mass is 16.1. The quantitative estimate of drug-likeness (QED) is 0.784. The Morgan fingerprint density at radius 2 is 2.12 bits per heavy atom. The molecule has 0 atom stereocenters. The van der Waals surface area contributed by atoms with Crippen LogP contribution < -0.4 is 5.73 Å². The molecule has 0 spiro atoms. The van der Waals surface area contributed by atoms with Crippen LogP contribution in [0.2, 0.25) is 0 Å². The number of anilines is 1. The van der Waals surface area contributed by atoms with Crippen LogP contribution in [0.3, 0.4) is 0 Å². The van der Waals surface area contributed by atoms with Crippen LogP contribution in [0.15, 0.2) is 42.9 Å². The smallest absolute Gasteiger partial charge is 0.172 e. The van der Waals surface area contributed by atoms with E-state index in [-0.39, 0.29) is 12.2 Å². The number of pyridine rings is 2. The Labute approximate surface area is 93.2 Å². The fraction of sp³-hybridized carbons (Fsp3) is 0.0833. The lowest BCUT2D eigenvalue weighted by Crippen LogP contribution is -2.08. The lowest BCUT2D eigenvalue weighted by molar-refractivity contribution is 0.0992. The van der Waals surface area contributed by atoms with Crippen LogP contribution in [-0.4, -0.2) is 15.8 Å². The zero-order valence-corrected chi connectivity index (χ0v) is 8.63. The van der Waals surface area contributed by atoms with Crippen molar-refractivity contribution < 1.29 is 4.79 Å². The number of ketones is 1. The average molecular weight is 213 g/mol. The van der Waals surface area contributed by atoms with Gasteiger partial charge in [0.1, 0.15) is 0 Å². The van der Waals surface area contributed by atoms with E-state index in [0.29, 0.717) is 11.3 Å². The Morgan fingerprint density at radius 3 is 2.81 bits per heavy atom. The zero-order chi connectivity index (χ0) is 11.4. The van der Waals surface area contributed by atoms with E-state index in [1.54, 1.807) is 18.5 Å². The van der Waals surface area contributed by atoms with Crippen molar-refractivity contribution in [3.63, 3.8) is 0 Å². The standard InChI is InChI=1S/C12H11N3O/c13-11-4-6-14-8-10(11)12(16)7-9-3-1-2-5-15-9/h1-6,8H,7H2,(H2,13,14). The molecule has 0 amide bonds. The van der Waals surface area contributed by atoms with Gasteiger partial charge in [-0.05, 0) is 18.2 Å². The van der Waals surface area contributed by atoms with E-state index >= 15 is 0 Å². The maximum atomic E-state index is 11.9. The molecule has 2 aromatic rings. The van der Waals surface area contributed by atoms with E-state index in [1.165, 1.54) is 6.20 Å². The van der Waals surface area contributed by atoms with Crippen molar-refractivity contribution in [3.05, 3.63) is 54.1 Å². The summed E-state index contributed by atoms with van der Waals surface area (Å²) < 4.78 is 0. The molecule has 2 N–H and O–H groups in total. The number of nitrogens with two attached hydrogens (primary N) is 1. The highest BCUT2D eigenvalue weighted by Crippen LogP contribution is 2.11. The summed E-state index contributed by atoms with van der Waals surface area (Å²) in [7, 11) is 0. The van der Waals surface area contributed by atoms with Gasteiger partial charge < -0.3 is 5.73 Å². The van der Waals surface area contributed by atoms with Gasteiger partial charge in [0.2, 0.25) is 0 Å². The van der Waals surface area contributed by atoms with E-state index < -0.39 is 0 Å². The molecule has 80 valence electrons. The van der Waals surface area contributed by atoms with Crippen molar-refractivity contribution in [1.82, 2.24) is 9.97 Å². The summed E-state index contributed by atoms with van der Waals surface area (Å²) in [4.78, 5) is 19.9. The van der Waals surface area contributed by atoms with E-state index in [9.17, 15) is 4.79 Å². The molecule has 0 saturated carbocycles. The van der Waals surface area contributed by atoms with Crippen LogP contribution in [0, 0.1) is 0 Å². The van der Waals surface area contributed by atoms with Crippen LogP contribution in [0.1, 0.15) is 16.1 Å². The molecule has 2 heterocycles. The van der Waals surface area contributed by atoms with Crippen LogP contribution in [0.4, 0.5) is 5.69 Å². The van der Waals surface area contributed by atoms with Crippen molar-refractivity contribution in [2.75, 3.05) is 5.73 Å². The molecule has 0 saturated heterocycles. The van der Waals surface area contributed by atoms with E-state index in [0.717, 1.165) is 5.69 Å². The molecule has 0 aliphatic carbocycles. The number of hydrogen-bond acceptors (Lipinski definition) is 4. The number of aromatic nitrogens is 2. The van der Waals surface area contributed by atoms with Gasteiger partial charge >= 0.3 is 0 Å². The molecule has 4 nitrogen and oxygen atoms in total. The lowest BCUT2D eigenvalue weighted by atomic mass is 10.1. The molecule has 16 heavy (non-hydrogen) atoms. The Hall–Kier alpha value is -2.23. The first-order valence-corrected chi connectivity index (χ1v) is 4.90. The van der Waals surface area contributed by atoms with Crippen molar-refractivity contribution in [2.45, 2.75) is 6.42 Å². The number of nitrogen functional groups attached to an aromatic ring is 1. The Bertz CT molecular complexity index is 497. The highest BCUT2D eigenvalue weighted by molar-refractivity contribution is 6.01. The number of Topliss-reactive ketones (excluding diaryl/α,β-unsaturated/α-hetero) is 1. The molecular formula is C12H11N3O. The Balaban J connectivity index is 2.19. The van der Waals surface area contributed by atoms with Crippen LogP contribution in [0.25, 0.3) is 0 Å². The Kier molecular flexibility index (Phi) is 2.91. The predicted octanol–water partition coefficient (Wildman–Crippen LogP) is 1.48. The maximum Gasteiger partial charge on any atom is 0.172 e. The van der Waals surface area contributed by atoms with Gasteiger partial charge in [-0.2, -0.15) is 0 Å². The van der Waals surface area contributed by atoms with Gasteiger partial charge in [0.15, 0.2) is 5.78 Å². The third kappa shape index (κ3) is 2.23. The third-order valence-corrected chi connectivity index (χ3v) is 2.22. The lowest BCUT2D eigenvalue weighted by Gasteiger charge is -2.03. The summed E-state index contributed by atoms with van der Waals surface area (Å²) in [6.45, 7) is 0. The summed E-state index contributed by atoms with van der Waals surface area (Å²) in [5.41, 5.74) is 7.33. The maximum absolute atomic E-state index is 11.9. The number of hydrogen-bond donors (Lipinski definition) is 1. The van der Waals surface area contributed by atoms with E-state index in [2.05, 4.69) is 9.97 Å². The molecule has 0 bridgehead atoms. The fourth-order valence-electron chi connectivity index (χ4n) is 1.40. The van der Waals surface area contributed by atoms with E-state index in [1.807, 2.05) is 18.2 Å². The van der Waals surface area contributed by atoms with Crippen LogP contribution >= 0.6 is 0 Å². The van der Waals surface area contributed by atoms with Crippen molar-refractivity contribution in [3.8, 4) is 0 Å². The number of carbonyl (C=O) groups is 1. The summed E-state index contributed by atoms with van der Waals surface area (Å²) in [6, 6.07) is 7.09. The van der Waals surface area contributed by atoms with Crippen molar-refractivity contribution >= 4 is 11.5 Å². The van der Waals surface area contributed by atoms with Gasteiger partial charge in [-0.25, -0.2) is 0 Å². The fourth-order valence-corrected chi connectivity index (χ4v) is 1.40. The summed E-state index contributed by atoms with van der Waals surface area (Å²) >= 11 is 0. The summed E-state index contributed by atoms with van der Waals surface area (Å²) in [5, 5.41) is 0. The molecule has 0 aromatic carbocycles. The molecule has 0 unspecified atom stereocenters. The average Bonchev–Trinajstić information content (AvgIpc) is 2.31. The molecular weight excluding hydrogens is 202 g/mol. The van der Waals surface area contributed by atoms with Crippen LogP contribution in [0.5, 0.6) is 0 Å². The van der Waals surface area contributed by atoms with E-state index in [4.69, 9.17) is 5.73 Å². The topological polar surface area (TPSA) is 68.9 Å². The van der Waals surface area contributed by atoms with Gasteiger partial charge in [0.05, 0.1) is 12.0 Å². The second-order valence-electron chi connectivity index (χ2n) is 3.38. The minimum Gasteiger partial charge on any atom is -0.398 e. The monoisotopic (exact) mass is 213 g/mol. The predicted molar refractivity (Wildman–Crippen MR) is 60.9 cm³/mol. The Morgan fingerprint density at radius 1 is 1.25 bits per heavy atom. The van der Waals surface area contributed by atoms with Gasteiger partial charge in [0.25, 0.3) is 0 Å². The first-order chi connectivity index (χ1) is 7.77. The number of rotatable bonds is 3. The number of nitrogens with zero attached hydrogens (tertiary/aromatic N) is 2. The summed E-state index contributed by atoms with van der Waals surface area (Å²) in [5.74, 6) is -0.0655. The van der Waals surface area contributed by atoms with Gasteiger partial charge in [0, 0.05) is 30.0 Å². The zero-order valence-electron chi connectivity index (χ0n) is 8.63. The first-order valence-electron chi connectivity index (χ1n) is 4.90. The molecule has 0 aliphatic rings. The van der Waals surface area contributed by atoms with Crippen molar-refractivity contribution in [2.24, 2.45) is 0 Å². The number of carbonyl (C=O) groups excluding carboxylic acids is 1. The van der Waals surface area contributed by atoms with Gasteiger partial charge in [-0.15, -0.1) is 0 Å². The second-order valence-corrected chi connectivity index (χ2v) is 3.38. The minimum absolute atomic E-state index is 0.0655. The van der Waals surface area contributed by atoms with Crippen molar-refractivity contribution in [1.29, 1.82) is 0 Å². The molecule has 4 heteroatoms. The molecule has 0 aliphatic heterocycles. The van der Waals surface area contributed by atoms with Crippen LogP contribution in [-0.2, 0) is 6.42 Å². The van der Waals surface area contributed by atoms with Gasteiger partial charge in [-0.3, -0.25) is 14.8 Å². The largest absolute Gasteiger partial charge is 0.398 e. The molecule has 2 aromatic heterocycles. The molecule has 2 rings (SSSR count). The third-order valence-electron chi connectivity index (χ3n) is 2.22. The second kappa shape index (κ2) is 4.53. The SMILES string of the molecule is Nc1ccncc1C(=O)Cc1ccccn1. The summed E-state index contributed by atoms with van der Waals surface area (Å²) in [6.07, 6.45) is 4.96. The normalized spacial score (nSPS) is 10.0. The van der Waals surface area contributed by atoms with Gasteiger partial charge in [-0.1, -0.05) is 6.07 Å². The molecule has 0 fully saturated rings. The molecule has 0 radical (unpaired) electrons. The minimum atomic E-state index is -0.0655. The highest BCUT2D eigenvalue weighted by Gasteiger charge is 2.10. The first kappa shape index (κ1) is 10.3.